The van der Waals surface area contributed by atoms with E-state index < -0.39 is 0 Å². The van der Waals surface area contributed by atoms with E-state index in [0.717, 1.165) is 0 Å². The molecule has 1 fully saturated rings. The molecule has 0 aromatic heterocycles. The average molecular weight is 215 g/mol. The summed E-state index contributed by atoms with van der Waals surface area (Å²) in [6, 6.07) is 0.300. The lowest BCUT2D eigenvalue weighted by Gasteiger charge is -2.16. The van der Waals surface area contributed by atoms with E-state index in [-0.39, 0.29) is 18.1 Å². The summed E-state index contributed by atoms with van der Waals surface area (Å²) in [5.74, 6) is -0.186. The smallest absolute Gasteiger partial charge is 0.322 e. The Morgan fingerprint density at radius 1 is 1.47 bits per heavy atom. The SMILES string of the molecule is COC(=O)C(CCOC(C)C)NC1CC1. The van der Waals surface area contributed by atoms with Crippen LogP contribution in [-0.4, -0.2) is 37.9 Å². The number of hydrogen-bond donors (Lipinski definition) is 1. The lowest BCUT2D eigenvalue weighted by molar-refractivity contribution is -0.143. The molecule has 15 heavy (non-hydrogen) atoms. The zero-order valence-corrected chi connectivity index (χ0v) is 9.79. The number of carbonyl (C=O) groups is 1. The fourth-order valence-corrected chi connectivity index (χ4v) is 1.37. The first-order chi connectivity index (χ1) is 7.13. The van der Waals surface area contributed by atoms with Crippen molar-refractivity contribution in [1.82, 2.24) is 5.32 Å². The molecule has 4 heteroatoms. The third-order valence-corrected chi connectivity index (χ3v) is 2.36. The first kappa shape index (κ1) is 12.5. The Hall–Kier alpha value is -0.610. The summed E-state index contributed by atoms with van der Waals surface area (Å²) in [5.41, 5.74) is 0. The number of methoxy groups -OCH3 is 1. The maximum atomic E-state index is 11.4. The Morgan fingerprint density at radius 2 is 2.13 bits per heavy atom. The van der Waals surface area contributed by atoms with Gasteiger partial charge in [-0.25, -0.2) is 0 Å². The molecule has 0 amide bonds. The van der Waals surface area contributed by atoms with E-state index in [1.165, 1.54) is 20.0 Å². The van der Waals surface area contributed by atoms with Crippen molar-refractivity contribution in [2.45, 2.75) is 51.3 Å². The first-order valence-electron chi connectivity index (χ1n) is 5.59. The Balaban J connectivity index is 2.24. The van der Waals surface area contributed by atoms with Crippen LogP contribution >= 0.6 is 0 Å². The maximum Gasteiger partial charge on any atom is 0.322 e. The molecule has 1 N–H and O–H groups in total. The average Bonchev–Trinajstić information content (AvgIpc) is 2.98. The van der Waals surface area contributed by atoms with Gasteiger partial charge in [-0.3, -0.25) is 4.79 Å². The van der Waals surface area contributed by atoms with E-state index in [1.807, 2.05) is 13.8 Å². The van der Waals surface area contributed by atoms with Crippen LogP contribution < -0.4 is 5.32 Å². The topological polar surface area (TPSA) is 47.6 Å². The van der Waals surface area contributed by atoms with Gasteiger partial charge in [-0.05, 0) is 33.1 Å². The zero-order chi connectivity index (χ0) is 11.3. The molecule has 1 aliphatic rings. The van der Waals surface area contributed by atoms with Crippen LogP contribution in [0.2, 0.25) is 0 Å². The molecule has 0 saturated heterocycles. The molecule has 1 rings (SSSR count). The molecule has 1 saturated carbocycles. The van der Waals surface area contributed by atoms with E-state index in [1.54, 1.807) is 0 Å². The monoisotopic (exact) mass is 215 g/mol. The zero-order valence-electron chi connectivity index (χ0n) is 9.79. The highest BCUT2D eigenvalue weighted by molar-refractivity contribution is 5.75. The van der Waals surface area contributed by atoms with Crippen LogP contribution in [0.15, 0.2) is 0 Å². The standard InChI is InChI=1S/C11H21NO3/c1-8(2)15-7-6-10(11(13)14-3)12-9-4-5-9/h8-10,12H,4-7H2,1-3H3. The second-order valence-electron chi connectivity index (χ2n) is 4.22. The molecule has 0 aromatic carbocycles. The summed E-state index contributed by atoms with van der Waals surface area (Å²) in [6.07, 6.45) is 3.22. The van der Waals surface area contributed by atoms with Gasteiger partial charge in [-0.2, -0.15) is 0 Å². The molecule has 1 unspecified atom stereocenters. The van der Waals surface area contributed by atoms with E-state index in [0.29, 0.717) is 19.1 Å². The van der Waals surface area contributed by atoms with Crippen LogP contribution in [0.25, 0.3) is 0 Å². The first-order valence-corrected chi connectivity index (χ1v) is 5.59. The quantitative estimate of drug-likeness (QED) is 0.646. The van der Waals surface area contributed by atoms with E-state index >= 15 is 0 Å². The summed E-state index contributed by atoms with van der Waals surface area (Å²) < 4.78 is 10.2. The molecule has 1 aliphatic carbocycles. The van der Waals surface area contributed by atoms with Crippen LogP contribution in [0.5, 0.6) is 0 Å². The highest BCUT2D eigenvalue weighted by Gasteiger charge is 2.28. The maximum absolute atomic E-state index is 11.4. The van der Waals surface area contributed by atoms with Crippen molar-refractivity contribution in [3.63, 3.8) is 0 Å². The second kappa shape index (κ2) is 6.08. The molecule has 0 radical (unpaired) electrons. The van der Waals surface area contributed by atoms with Gasteiger partial charge >= 0.3 is 5.97 Å². The van der Waals surface area contributed by atoms with Crippen molar-refractivity contribution in [2.75, 3.05) is 13.7 Å². The van der Waals surface area contributed by atoms with Gasteiger partial charge in [-0.1, -0.05) is 0 Å². The van der Waals surface area contributed by atoms with Gasteiger partial charge in [0.05, 0.1) is 13.2 Å². The Morgan fingerprint density at radius 3 is 2.60 bits per heavy atom. The number of nitrogens with one attached hydrogen (secondary N) is 1. The van der Waals surface area contributed by atoms with Gasteiger partial charge in [0, 0.05) is 12.6 Å². The predicted molar refractivity (Wildman–Crippen MR) is 57.7 cm³/mol. The summed E-state index contributed by atoms with van der Waals surface area (Å²) >= 11 is 0. The number of rotatable bonds is 7. The molecule has 0 aliphatic heterocycles. The highest BCUT2D eigenvalue weighted by Crippen LogP contribution is 2.20. The van der Waals surface area contributed by atoms with Crippen LogP contribution in [0.1, 0.15) is 33.1 Å². The minimum atomic E-state index is -0.207. The molecule has 88 valence electrons. The fourth-order valence-electron chi connectivity index (χ4n) is 1.37. The third kappa shape index (κ3) is 5.14. The van der Waals surface area contributed by atoms with Gasteiger partial charge in [-0.15, -0.1) is 0 Å². The van der Waals surface area contributed by atoms with E-state index in [4.69, 9.17) is 9.47 Å². The van der Waals surface area contributed by atoms with Crippen molar-refractivity contribution < 1.29 is 14.3 Å². The molecule has 0 aromatic rings. The summed E-state index contributed by atoms with van der Waals surface area (Å²) in [4.78, 5) is 11.4. The largest absolute Gasteiger partial charge is 0.468 e. The van der Waals surface area contributed by atoms with Gasteiger partial charge in [0.2, 0.25) is 0 Å². The molecular formula is C11H21NO3. The highest BCUT2D eigenvalue weighted by atomic mass is 16.5. The number of hydrogen-bond acceptors (Lipinski definition) is 4. The van der Waals surface area contributed by atoms with E-state index in [9.17, 15) is 4.79 Å². The van der Waals surface area contributed by atoms with Crippen LogP contribution in [0.3, 0.4) is 0 Å². The van der Waals surface area contributed by atoms with Gasteiger partial charge in [0.1, 0.15) is 6.04 Å². The van der Waals surface area contributed by atoms with Crippen LogP contribution in [0, 0.1) is 0 Å². The summed E-state index contributed by atoms with van der Waals surface area (Å²) in [7, 11) is 1.42. The van der Waals surface area contributed by atoms with Crippen LogP contribution in [-0.2, 0) is 14.3 Å². The Kier molecular flexibility index (Phi) is 5.05. The van der Waals surface area contributed by atoms with Gasteiger partial charge in [0.25, 0.3) is 0 Å². The molecule has 4 nitrogen and oxygen atoms in total. The van der Waals surface area contributed by atoms with Crippen molar-refractivity contribution in [2.24, 2.45) is 0 Å². The van der Waals surface area contributed by atoms with Crippen molar-refractivity contribution in [3.8, 4) is 0 Å². The molecule has 0 spiro atoms. The Bertz CT molecular complexity index is 202. The minimum absolute atomic E-state index is 0.186. The lowest BCUT2D eigenvalue weighted by Crippen LogP contribution is -2.40. The van der Waals surface area contributed by atoms with Crippen molar-refractivity contribution in [3.05, 3.63) is 0 Å². The van der Waals surface area contributed by atoms with Gasteiger partial charge < -0.3 is 14.8 Å². The molecular weight excluding hydrogens is 194 g/mol. The molecule has 1 atom stereocenters. The van der Waals surface area contributed by atoms with Crippen molar-refractivity contribution >= 4 is 5.97 Å². The predicted octanol–water partition coefficient (Wildman–Crippen LogP) is 1.10. The second-order valence-corrected chi connectivity index (χ2v) is 4.22. The van der Waals surface area contributed by atoms with Gasteiger partial charge in [0.15, 0.2) is 0 Å². The molecule has 0 heterocycles. The van der Waals surface area contributed by atoms with E-state index in [2.05, 4.69) is 5.32 Å². The summed E-state index contributed by atoms with van der Waals surface area (Å²) in [5, 5.41) is 3.26. The fraction of sp³-hybridized carbons (Fsp3) is 0.909. The number of carbonyl (C=O) groups excluding carboxylic acids is 1. The normalized spacial score (nSPS) is 17.9. The summed E-state index contributed by atoms with van der Waals surface area (Å²) in [6.45, 7) is 4.57. The third-order valence-electron chi connectivity index (χ3n) is 2.36. The molecule has 0 bridgehead atoms. The Labute approximate surface area is 91.3 Å². The number of esters is 1. The minimum Gasteiger partial charge on any atom is -0.468 e. The number of ether oxygens (including phenoxy) is 2. The van der Waals surface area contributed by atoms with Crippen molar-refractivity contribution in [1.29, 1.82) is 0 Å². The lowest BCUT2D eigenvalue weighted by atomic mass is 10.2. The van der Waals surface area contributed by atoms with Crippen LogP contribution in [0.4, 0.5) is 0 Å².